The van der Waals surface area contributed by atoms with Gasteiger partial charge in [0.15, 0.2) is 11.5 Å². The van der Waals surface area contributed by atoms with Gasteiger partial charge in [-0.1, -0.05) is 64.7 Å². The summed E-state index contributed by atoms with van der Waals surface area (Å²) in [5, 5.41) is 0. The minimum Gasteiger partial charge on any atom is -0.494 e. The molecule has 3 fully saturated rings. The topological polar surface area (TPSA) is 35.5 Å². The Balaban J connectivity index is 1.28. The maximum atomic E-state index is 14.4. The molecule has 3 aliphatic rings. The summed E-state index contributed by atoms with van der Waals surface area (Å²) in [4.78, 5) is 13.0. The molecular weight excluding hydrogens is 446 g/mol. The third-order valence-corrected chi connectivity index (χ3v) is 9.46. The minimum atomic E-state index is -1.16. The van der Waals surface area contributed by atoms with Crippen molar-refractivity contribution in [1.29, 1.82) is 0 Å². The van der Waals surface area contributed by atoms with Gasteiger partial charge in [-0.25, -0.2) is 0 Å². The average molecular weight is 491 g/mol. The van der Waals surface area contributed by atoms with Gasteiger partial charge in [0.2, 0.25) is 11.6 Å². The number of halogens is 2. The van der Waals surface area contributed by atoms with Crippen LogP contribution in [0, 0.1) is 47.1 Å². The van der Waals surface area contributed by atoms with E-state index in [4.69, 9.17) is 9.47 Å². The van der Waals surface area contributed by atoms with Gasteiger partial charge in [0, 0.05) is 0 Å². The lowest BCUT2D eigenvalue weighted by Crippen LogP contribution is -2.40. The molecule has 0 aromatic heterocycles. The number of fused-ring (bicyclic) bond motifs is 1. The first-order valence-corrected chi connectivity index (χ1v) is 14.2. The zero-order valence-electron chi connectivity index (χ0n) is 21.7. The molecular formula is C30H44F2O3. The zero-order chi connectivity index (χ0) is 24.8. The highest BCUT2D eigenvalue weighted by Gasteiger charge is 2.43. The Hall–Kier alpha value is -1.65. The van der Waals surface area contributed by atoms with Crippen molar-refractivity contribution in [1.82, 2.24) is 0 Å². The highest BCUT2D eigenvalue weighted by Crippen LogP contribution is 2.50. The van der Waals surface area contributed by atoms with Crippen LogP contribution in [-0.4, -0.2) is 13.1 Å². The standard InChI is InChI=1S/C30H44F2O3/c1-3-4-5-6-8-20-11-13-21(14-12-20)22-15-16-24-23(19-22)9-7-10-25(24)30(33)35-27-18-17-26(34-2)28(31)29(27)32/h17-18,20-25H,3-16,19H2,1-2H3. The van der Waals surface area contributed by atoms with Gasteiger partial charge in [-0.15, -0.1) is 0 Å². The summed E-state index contributed by atoms with van der Waals surface area (Å²) in [6.07, 6.45) is 18.9. The number of benzene rings is 1. The highest BCUT2D eigenvalue weighted by atomic mass is 19.2. The predicted octanol–water partition coefficient (Wildman–Crippen LogP) is 8.49. The van der Waals surface area contributed by atoms with E-state index in [9.17, 15) is 13.6 Å². The second kappa shape index (κ2) is 12.5. The average Bonchev–Trinajstić information content (AvgIpc) is 2.89. The molecule has 4 rings (SSSR count). The fourth-order valence-corrected chi connectivity index (χ4v) is 7.46. The number of esters is 1. The second-order valence-electron chi connectivity index (χ2n) is 11.5. The van der Waals surface area contributed by atoms with Gasteiger partial charge in [-0.2, -0.15) is 8.78 Å². The lowest BCUT2D eigenvalue weighted by atomic mass is 9.59. The van der Waals surface area contributed by atoms with Crippen molar-refractivity contribution in [2.24, 2.45) is 35.5 Å². The second-order valence-corrected chi connectivity index (χ2v) is 11.5. The molecule has 35 heavy (non-hydrogen) atoms. The zero-order valence-corrected chi connectivity index (χ0v) is 21.7. The van der Waals surface area contributed by atoms with Crippen molar-refractivity contribution < 1.29 is 23.0 Å². The van der Waals surface area contributed by atoms with Crippen LogP contribution in [-0.2, 0) is 4.79 Å². The molecule has 0 aliphatic heterocycles. The molecule has 0 N–H and O–H groups in total. The number of hydrogen-bond donors (Lipinski definition) is 0. The van der Waals surface area contributed by atoms with E-state index in [1.54, 1.807) is 0 Å². The lowest BCUT2D eigenvalue weighted by molar-refractivity contribution is -0.144. The maximum absolute atomic E-state index is 14.4. The summed E-state index contributed by atoms with van der Waals surface area (Å²) in [5.74, 6) is 0.0500. The predicted molar refractivity (Wildman–Crippen MR) is 134 cm³/mol. The van der Waals surface area contributed by atoms with Crippen LogP contribution in [0.2, 0.25) is 0 Å². The Morgan fingerprint density at radius 2 is 1.57 bits per heavy atom. The molecule has 3 nitrogen and oxygen atoms in total. The number of rotatable bonds is 9. The van der Waals surface area contributed by atoms with Crippen molar-refractivity contribution in [2.75, 3.05) is 7.11 Å². The van der Waals surface area contributed by atoms with Crippen molar-refractivity contribution in [2.45, 2.75) is 103 Å². The van der Waals surface area contributed by atoms with Crippen molar-refractivity contribution in [3.05, 3.63) is 23.8 Å². The number of ether oxygens (including phenoxy) is 2. The van der Waals surface area contributed by atoms with Crippen LogP contribution < -0.4 is 9.47 Å². The molecule has 1 aromatic rings. The van der Waals surface area contributed by atoms with E-state index in [0.717, 1.165) is 37.0 Å². The fourth-order valence-electron chi connectivity index (χ4n) is 7.46. The van der Waals surface area contributed by atoms with E-state index in [0.29, 0.717) is 11.8 Å². The molecule has 1 aromatic carbocycles. The van der Waals surface area contributed by atoms with E-state index < -0.39 is 17.6 Å². The van der Waals surface area contributed by atoms with Crippen molar-refractivity contribution >= 4 is 5.97 Å². The Morgan fingerprint density at radius 1 is 0.857 bits per heavy atom. The molecule has 3 saturated carbocycles. The molecule has 4 atom stereocenters. The molecule has 0 radical (unpaired) electrons. The van der Waals surface area contributed by atoms with Crippen molar-refractivity contribution in [3.63, 3.8) is 0 Å². The number of hydrogen-bond acceptors (Lipinski definition) is 3. The van der Waals surface area contributed by atoms with Gasteiger partial charge < -0.3 is 9.47 Å². The maximum Gasteiger partial charge on any atom is 0.314 e. The highest BCUT2D eigenvalue weighted by molar-refractivity contribution is 5.75. The van der Waals surface area contributed by atoms with Crippen LogP contribution in [0.4, 0.5) is 8.78 Å². The Kier molecular flexibility index (Phi) is 9.46. The van der Waals surface area contributed by atoms with Crippen LogP contribution in [0.1, 0.15) is 103 Å². The van der Waals surface area contributed by atoms with Gasteiger partial charge >= 0.3 is 5.97 Å². The van der Waals surface area contributed by atoms with Gasteiger partial charge in [0.25, 0.3) is 0 Å². The normalized spacial score (nSPS) is 31.0. The third kappa shape index (κ3) is 6.38. The van der Waals surface area contributed by atoms with Crippen LogP contribution in [0.3, 0.4) is 0 Å². The summed E-state index contributed by atoms with van der Waals surface area (Å²) in [7, 11) is 1.28. The van der Waals surface area contributed by atoms with Crippen LogP contribution in [0.15, 0.2) is 12.1 Å². The number of unbranched alkanes of at least 4 members (excludes halogenated alkanes) is 3. The van der Waals surface area contributed by atoms with E-state index in [1.165, 1.54) is 96.3 Å². The number of carbonyl (C=O) groups is 1. The molecule has 196 valence electrons. The first kappa shape index (κ1) is 26.4. The molecule has 0 saturated heterocycles. The van der Waals surface area contributed by atoms with Crippen LogP contribution >= 0.6 is 0 Å². The van der Waals surface area contributed by atoms with Gasteiger partial charge in [-0.05, 0) is 80.2 Å². The molecule has 0 bridgehead atoms. The van der Waals surface area contributed by atoms with Crippen molar-refractivity contribution in [3.8, 4) is 11.5 Å². The molecule has 0 amide bonds. The largest absolute Gasteiger partial charge is 0.494 e. The smallest absolute Gasteiger partial charge is 0.314 e. The minimum absolute atomic E-state index is 0.191. The number of carbonyl (C=O) groups excluding carboxylic acids is 1. The third-order valence-electron chi connectivity index (χ3n) is 9.46. The summed E-state index contributed by atoms with van der Waals surface area (Å²) in [5.41, 5.74) is 0. The van der Waals surface area contributed by atoms with E-state index in [-0.39, 0.29) is 17.4 Å². The Morgan fingerprint density at radius 3 is 2.31 bits per heavy atom. The summed E-state index contributed by atoms with van der Waals surface area (Å²) in [6.45, 7) is 2.28. The summed E-state index contributed by atoms with van der Waals surface area (Å²) >= 11 is 0. The molecule has 4 unspecified atom stereocenters. The van der Waals surface area contributed by atoms with Crippen LogP contribution in [0.5, 0.6) is 11.5 Å². The lowest BCUT2D eigenvalue weighted by Gasteiger charge is -2.46. The molecule has 0 spiro atoms. The Labute approximate surface area is 210 Å². The van der Waals surface area contributed by atoms with Gasteiger partial charge in [0.05, 0.1) is 13.0 Å². The van der Waals surface area contributed by atoms with E-state index >= 15 is 0 Å². The molecule has 0 heterocycles. The number of methoxy groups -OCH3 is 1. The van der Waals surface area contributed by atoms with Crippen LogP contribution in [0.25, 0.3) is 0 Å². The first-order valence-electron chi connectivity index (χ1n) is 14.2. The van der Waals surface area contributed by atoms with Gasteiger partial charge in [-0.3, -0.25) is 4.79 Å². The van der Waals surface area contributed by atoms with E-state index in [1.807, 2.05) is 0 Å². The SMILES string of the molecule is CCCCCCC1CCC(C2CCC3C(CCCC3C(=O)Oc3ccc(OC)c(F)c3F)C2)CC1. The quantitative estimate of drug-likeness (QED) is 0.198. The summed E-state index contributed by atoms with van der Waals surface area (Å²) < 4.78 is 38.7. The van der Waals surface area contributed by atoms with Gasteiger partial charge in [0.1, 0.15) is 0 Å². The summed E-state index contributed by atoms with van der Waals surface area (Å²) in [6, 6.07) is 2.59. The Bertz CT molecular complexity index is 833. The molecule has 3 aliphatic carbocycles. The fraction of sp³-hybridized carbons (Fsp3) is 0.767. The monoisotopic (exact) mass is 490 g/mol. The van der Waals surface area contributed by atoms with E-state index in [2.05, 4.69) is 6.92 Å². The molecule has 5 heteroatoms. The first-order chi connectivity index (χ1) is 17.0.